The average Bonchev–Trinajstić information content (AvgIpc) is 1.97. The number of hydrogen-bond donors (Lipinski definition) is 0. The van der Waals surface area contributed by atoms with Crippen LogP contribution in [0.2, 0.25) is 0 Å². The smallest absolute Gasteiger partial charge is 0.306 e. The van der Waals surface area contributed by atoms with Crippen molar-refractivity contribution in [1.29, 1.82) is 0 Å². The summed E-state index contributed by atoms with van der Waals surface area (Å²) in [6, 6.07) is 0. The van der Waals surface area contributed by atoms with Crippen molar-refractivity contribution < 1.29 is 14.3 Å². The molecule has 5 heteroatoms. The highest BCUT2D eigenvalue weighted by Crippen LogP contribution is 2.22. The molecule has 0 aromatic heterocycles. The van der Waals surface area contributed by atoms with Gasteiger partial charge in [-0.05, 0) is 10.8 Å². The van der Waals surface area contributed by atoms with Crippen molar-refractivity contribution in [3.8, 4) is 0 Å². The lowest BCUT2D eigenvalue weighted by molar-refractivity contribution is -0.140. The number of hydrogen-bond acceptors (Lipinski definition) is 5. The first kappa shape index (κ1) is 10.8. The van der Waals surface area contributed by atoms with Gasteiger partial charge in [0.1, 0.15) is 0 Å². The van der Waals surface area contributed by atoms with Crippen LogP contribution in [0.15, 0.2) is 0 Å². The SMILES string of the molecule is COC(=O)CCSSC(C)=O. The van der Waals surface area contributed by atoms with E-state index in [2.05, 4.69) is 4.74 Å². The Labute approximate surface area is 73.6 Å². The molecule has 0 saturated heterocycles. The fraction of sp³-hybridized carbons (Fsp3) is 0.667. The Bertz CT molecular complexity index is 147. The Morgan fingerprint density at radius 1 is 1.45 bits per heavy atom. The van der Waals surface area contributed by atoms with Crippen LogP contribution in [0.1, 0.15) is 13.3 Å². The normalized spacial score (nSPS) is 9.27. The second-order valence-electron chi connectivity index (χ2n) is 1.72. The Hall–Kier alpha value is -0.160. The summed E-state index contributed by atoms with van der Waals surface area (Å²) in [5, 5.41) is 0.0554. The Morgan fingerprint density at radius 2 is 2.09 bits per heavy atom. The van der Waals surface area contributed by atoms with Crippen LogP contribution in [-0.4, -0.2) is 23.9 Å². The molecule has 0 heterocycles. The Balaban J connectivity index is 3.14. The van der Waals surface area contributed by atoms with Gasteiger partial charge in [0.05, 0.1) is 13.5 Å². The van der Waals surface area contributed by atoms with Gasteiger partial charge in [-0.3, -0.25) is 9.59 Å². The molecule has 64 valence electrons. The van der Waals surface area contributed by atoms with Crippen LogP contribution in [0.5, 0.6) is 0 Å². The monoisotopic (exact) mass is 194 g/mol. The van der Waals surface area contributed by atoms with Crippen molar-refractivity contribution in [2.75, 3.05) is 12.9 Å². The standard InChI is InChI=1S/C6H10O3S2/c1-5(7)11-10-4-3-6(8)9-2/h3-4H2,1-2H3. The molecule has 0 radical (unpaired) electrons. The van der Waals surface area contributed by atoms with Crippen molar-refractivity contribution in [3.05, 3.63) is 0 Å². The summed E-state index contributed by atoms with van der Waals surface area (Å²) in [5.74, 6) is 0.387. The predicted octanol–water partition coefficient (Wildman–Crippen LogP) is 1.48. The zero-order valence-corrected chi connectivity index (χ0v) is 8.09. The van der Waals surface area contributed by atoms with Gasteiger partial charge in [0.15, 0.2) is 5.12 Å². The molecule has 3 nitrogen and oxygen atoms in total. The molecular formula is C6H10O3S2. The minimum atomic E-state index is -0.235. The van der Waals surface area contributed by atoms with E-state index in [-0.39, 0.29) is 11.1 Å². The van der Waals surface area contributed by atoms with E-state index < -0.39 is 0 Å². The maximum atomic E-state index is 10.5. The largest absolute Gasteiger partial charge is 0.469 e. The van der Waals surface area contributed by atoms with Gasteiger partial charge in [0, 0.05) is 12.7 Å². The van der Waals surface area contributed by atoms with E-state index in [4.69, 9.17) is 0 Å². The van der Waals surface area contributed by atoms with Gasteiger partial charge in [0.2, 0.25) is 0 Å². The fourth-order valence-corrected chi connectivity index (χ4v) is 1.85. The number of methoxy groups -OCH3 is 1. The zero-order valence-electron chi connectivity index (χ0n) is 6.46. The van der Waals surface area contributed by atoms with Gasteiger partial charge in [0.25, 0.3) is 0 Å². The zero-order chi connectivity index (χ0) is 8.69. The van der Waals surface area contributed by atoms with Crippen LogP contribution in [-0.2, 0) is 14.3 Å². The molecule has 0 fully saturated rings. The molecule has 0 saturated carbocycles. The molecule has 0 unspecified atom stereocenters. The van der Waals surface area contributed by atoms with E-state index in [0.717, 1.165) is 10.8 Å². The van der Waals surface area contributed by atoms with E-state index in [1.54, 1.807) is 0 Å². The van der Waals surface area contributed by atoms with Crippen LogP contribution in [0.25, 0.3) is 0 Å². The van der Waals surface area contributed by atoms with Gasteiger partial charge < -0.3 is 4.74 Å². The second-order valence-corrected chi connectivity index (χ2v) is 4.32. The quantitative estimate of drug-likeness (QED) is 0.385. The Kier molecular flexibility index (Phi) is 6.45. The lowest BCUT2D eigenvalue weighted by Gasteiger charge is -1.96. The lowest BCUT2D eigenvalue weighted by Crippen LogP contribution is -2.00. The molecule has 0 aromatic rings. The maximum absolute atomic E-state index is 10.5. The van der Waals surface area contributed by atoms with Crippen molar-refractivity contribution in [1.82, 2.24) is 0 Å². The highest BCUT2D eigenvalue weighted by molar-refractivity contribution is 8.82. The summed E-state index contributed by atoms with van der Waals surface area (Å²) in [5.41, 5.74) is 0. The molecule has 0 rings (SSSR count). The number of ether oxygens (including phenoxy) is 1. The number of esters is 1. The van der Waals surface area contributed by atoms with Crippen LogP contribution in [0.4, 0.5) is 0 Å². The number of carbonyl (C=O) groups excluding carboxylic acids is 2. The molecule has 0 amide bonds. The Morgan fingerprint density at radius 3 is 2.55 bits per heavy atom. The molecule has 0 atom stereocenters. The van der Waals surface area contributed by atoms with Crippen molar-refractivity contribution >= 4 is 32.7 Å². The molecule has 0 spiro atoms. The van der Waals surface area contributed by atoms with E-state index in [9.17, 15) is 9.59 Å². The van der Waals surface area contributed by atoms with Gasteiger partial charge in [-0.25, -0.2) is 0 Å². The van der Waals surface area contributed by atoms with Crippen LogP contribution in [0, 0.1) is 0 Å². The van der Waals surface area contributed by atoms with Gasteiger partial charge >= 0.3 is 5.97 Å². The van der Waals surface area contributed by atoms with Crippen LogP contribution >= 0.6 is 21.6 Å². The number of carbonyl (C=O) groups is 2. The van der Waals surface area contributed by atoms with E-state index >= 15 is 0 Å². The third kappa shape index (κ3) is 7.74. The van der Waals surface area contributed by atoms with Crippen LogP contribution in [0.3, 0.4) is 0 Å². The summed E-state index contributed by atoms with van der Waals surface area (Å²) in [7, 11) is 3.88. The molecular weight excluding hydrogens is 184 g/mol. The molecule has 0 aliphatic rings. The predicted molar refractivity (Wildman–Crippen MR) is 47.4 cm³/mol. The molecule has 0 bridgehead atoms. The summed E-state index contributed by atoms with van der Waals surface area (Å²) in [6.07, 6.45) is 0.363. The summed E-state index contributed by atoms with van der Waals surface area (Å²) in [6.45, 7) is 1.50. The third-order valence-electron chi connectivity index (χ3n) is 0.793. The average molecular weight is 194 g/mol. The fourth-order valence-electron chi connectivity index (χ4n) is 0.352. The second kappa shape index (κ2) is 6.54. The van der Waals surface area contributed by atoms with Gasteiger partial charge in [-0.2, -0.15) is 0 Å². The van der Waals surface area contributed by atoms with Crippen LogP contribution < -0.4 is 0 Å². The summed E-state index contributed by atoms with van der Waals surface area (Å²) >= 11 is 0. The summed E-state index contributed by atoms with van der Waals surface area (Å²) in [4.78, 5) is 20.9. The van der Waals surface area contributed by atoms with Gasteiger partial charge in [-0.15, -0.1) is 0 Å². The minimum Gasteiger partial charge on any atom is -0.469 e. The first-order valence-electron chi connectivity index (χ1n) is 3.03. The molecule has 0 N–H and O–H groups in total. The molecule has 0 aromatic carbocycles. The maximum Gasteiger partial charge on any atom is 0.306 e. The first-order chi connectivity index (χ1) is 5.16. The third-order valence-corrected chi connectivity index (χ3v) is 3.07. The van der Waals surface area contributed by atoms with E-state index in [0.29, 0.717) is 12.2 Å². The van der Waals surface area contributed by atoms with E-state index in [1.807, 2.05) is 0 Å². The molecule has 0 aliphatic carbocycles. The number of rotatable bonds is 4. The minimum absolute atomic E-state index is 0.0554. The first-order valence-corrected chi connectivity index (χ1v) is 5.35. The highest BCUT2D eigenvalue weighted by Gasteiger charge is 2.00. The molecule has 0 aliphatic heterocycles. The lowest BCUT2D eigenvalue weighted by atomic mass is 10.5. The summed E-state index contributed by atoms with van der Waals surface area (Å²) < 4.78 is 4.41. The van der Waals surface area contributed by atoms with Crippen molar-refractivity contribution in [2.24, 2.45) is 0 Å². The van der Waals surface area contributed by atoms with E-state index in [1.165, 1.54) is 24.8 Å². The topological polar surface area (TPSA) is 43.4 Å². The highest BCUT2D eigenvalue weighted by atomic mass is 33.1. The van der Waals surface area contributed by atoms with Crippen molar-refractivity contribution in [3.63, 3.8) is 0 Å². The van der Waals surface area contributed by atoms with Crippen molar-refractivity contribution in [2.45, 2.75) is 13.3 Å². The van der Waals surface area contributed by atoms with Gasteiger partial charge in [-0.1, -0.05) is 10.8 Å². The molecule has 11 heavy (non-hydrogen) atoms.